The highest BCUT2D eigenvalue weighted by molar-refractivity contribution is 5.72. The minimum absolute atomic E-state index is 0.0280. The molecule has 3 rings (SSSR count). The summed E-state index contributed by atoms with van der Waals surface area (Å²) in [7, 11) is 0. The molecule has 5 nitrogen and oxygen atoms in total. The van der Waals surface area contributed by atoms with E-state index in [0.29, 0.717) is 6.61 Å². The topological polar surface area (TPSA) is 55.3 Å². The molecule has 0 aliphatic carbocycles. The van der Waals surface area contributed by atoms with E-state index >= 15 is 0 Å². The van der Waals surface area contributed by atoms with Crippen LogP contribution < -0.4 is 4.90 Å². The number of rotatable bonds is 4. The summed E-state index contributed by atoms with van der Waals surface area (Å²) in [6.45, 7) is 3.96. The molecular weight excluding hydrogens is 290 g/mol. The number of nitrogens with zero attached hydrogens (tertiary/aromatic N) is 3. The quantitative estimate of drug-likeness (QED) is 0.813. The first-order valence-corrected chi connectivity index (χ1v) is 7.96. The number of carbonyl (C=O) groups is 1. The third kappa shape index (κ3) is 4.06. The maximum atomic E-state index is 12.2. The molecule has 1 aliphatic heterocycles. The van der Waals surface area contributed by atoms with Crippen molar-refractivity contribution in [2.24, 2.45) is 5.92 Å². The van der Waals surface area contributed by atoms with Crippen LogP contribution >= 0.6 is 0 Å². The molecule has 1 saturated heterocycles. The van der Waals surface area contributed by atoms with Crippen LogP contribution in [0.25, 0.3) is 0 Å². The fourth-order valence-electron chi connectivity index (χ4n) is 2.84. The maximum Gasteiger partial charge on any atom is 0.309 e. The number of hydrogen-bond acceptors (Lipinski definition) is 5. The summed E-state index contributed by atoms with van der Waals surface area (Å²) in [6.07, 6.45) is 5.05. The van der Waals surface area contributed by atoms with Crippen LogP contribution in [0.4, 0.5) is 5.95 Å². The van der Waals surface area contributed by atoms with E-state index in [1.807, 2.05) is 31.2 Å². The number of anilines is 1. The van der Waals surface area contributed by atoms with Crippen LogP contribution in [0.2, 0.25) is 0 Å². The minimum atomic E-state index is -0.0971. The van der Waals surface area contributed by atoms with Gasteiger partial charge in [0.15, 0.2) is 0 Å². The average molecular weight is 311 g/mol. The lowest BCUT2D eigenvalue weighted by atomic mass is 9.97. The minimum Gasteiger partial charge on any atom is -0.461 e. The molecular formula is C18H21N3O2. The van der Waals surface area contributed by atoms with Crippen LogP contribution in [0, 0.1) is 12.8 Å². The molecule has 0 saturated carbocycles. The van der Waals surface area contributed by atoms with Gasteiger partial charge in [0.25, 0.3) is 0 Å². The highest BCUT2D eigenvalue weighted by Gasteiger charge is 2.27. The summed E-state index contributed by atoms with van der Waals surface area (Å²) in [6, 6.07) is 9.85. The predicted octanol–water partition coefficient (Wildman–Crippen LogP) is 2.74. The van der Waals surface area contributed by atoms with E-state index in [9.17, 15) is 4.79 Å². The maximum absolute atomic E-state index is 12.2. The van der Waals surface area contributed by atoms with Gasteiger partial charge in [0.05, 0.1) is 5.92 Å². The highest BCUT2D eigenvalue weighted by atomic mass is 16.5. The third-order valence-electron chi connectivity index (χ3n) is 4.13. The van der Waals surface area contributed by atoms with E-state index in [2.05, 4.69) is 14.9 Å². The summed E-state index contributed by atoms with van der Waals surface area (Å²) in [5.41, 5.74) is 2.21. The molecule has 0 amide bonds. The van der Waals surface area contributed by atoms with Gasteiger partial charge in [-0.05, 0) is 31.4 Å². The van der Waals surface area contributed by atoms with Crippen molar-refractivity contribution in [3.05, 3.63) is 53.9 Å². The Morgan fingerprint density at radius 2 is 1.96 bits per heavy atom. The van der Waals surface area contributed by atoms with E-state index in [4.69, 9.17) is 4.74 Å². The van der Waals surface area contributed by atoms with Gasteiger partial charge in [0.2, 0.25) is 5.95 Å². The molecule has 2 aromatic rings. The summed E-state index contributed by atoms with van der Waals surface area (Å²) in [4.78, 5) is 22.9. The van der Waals surface area contributed by atoms with E-state index in [0.717, 1.165) is 37.4 Å². The lowest BCUT2D eigenvalue weighted by Crippen LogP contribution is -2.37. The normalized spacial score (nSPS) is 15.4. The Morgan fingerprint density at radius 3 is 2.65 bits per heavy atom. The molecule has 1 aliphatic rings. The molecule has 5 heteroatoms. The van der Waals surface area contributed by atoms with Crippen molar-refractivity contribution >= 4 is 11.9 Å². The predicted molar refractivity (Wildman–Crippen MR) is 87.9 cm³/mol. The van der Waals surface area contributed by atoms with Crippen LogP contribution in [0.15, 0.2) is 42.7 Å². The van der Waals surface area contributed by atoms with Gasteiger partial charge in [-0.15, -0.1) is 0 Å². The van der Waals surface area contributed by atoms with Crippen molar-refractivity contribution in [3.8, 4) is 0 Å². The van der Waals surface area contributed by atoms with Gasteiger partial charge in [0.1, 0.15) is 6.61 Å². The zero-order valence-electron chi connectivity index (χ0n) is 13.3. The molecule has 120 valence electrons. The van der Waals surface area contributed by atoms with Crippen molar-refractivity contribution in [1.29, 1.82) is 0 Å². The second kappa shape index (κ2) is 7.22. The molecule has 1 fully saturated rings. The number of hydrogen-bond donors (Lipinski definition) is 0. The zero-order valence-corrected chi connectivity index (χ0v) is 13.3. The Hall–Kier alpha value is -2.43. The average Bonchev–Trinajstić information content (AvgIpc) is 2.61. The Labute approximate surface area is 136 Å². The molecule has 0 N–H and O–H groups in total. The van der Waals surface area contributed by atoms with Crippen LogP contribution in [-0.4, -0.2) is 29.0 Å². The van der Waals surface area contributed by atoms with Gasteiger partial charge in [-0.1, -0.05) is 29.8 Å². The van der Waals surface area contributed by atoms with E-state index in [1.54, 1.807) is 18.5 Å². The summed E-state index contributed by atoms with van der Waals surface area (Å²) in [5.74, 6) is 0.610. The lowest BCUT2D eigenvalue weighted by Gasteiger charge is -2.30. The van der Waals surface area contributed by atoms with Gasteiger partial charge in [0, 0.05) is 25.5 Å². The number of benzene rings is 1. The van der Waals surface area contributed by atoms with Gasteiger partial charge in [-0.2, -0.15) is 0 Å². The van der Waals surface area contributed by atoms with Gasteiger partial charge in [-0.25, -0.2) is 9.97 Å². The second-order valence-corrected chi connectivity index (χ2v) is 5.91. The number of ether oxygens (including phenoxy) is 1. The summed E-state index contributed by atoms with van der Waals surface area (Å²) < 4.78 is 5.47. The van der Waals surface area contributed by atoms with E-state index < -0.39 is 0 Å². The smallest absolute Gasteiger partial charge is 0.309 e. The standard InChI is InChI=1S/C18H21N3O2/c1-14-4-2-5-15(12-14)13-23-17(22)16-6-10-21(11-7-16)18-19-8-3-9-20-18/h2-5,8-9,12,16H,6-7,10-11,13H2,1H3. The highest BCUT2D eigenvalue weighted by Crippen LogP contribution is 2.21. The molecule has 0 bridgehead atoms. The van der Waals surface area contributed by atoms with Crippen molar-refractivity contribution < 1.29 is 9.53 Å². The Bertz CT molecular complexity index is 652. The van der Waals surface area contributed by atoms with Crippen LogP contribution in [0.3, 0.4) is 0 Å². The van der Waals surface area contributed by atoms with E-state index in [-0.39, 0.29) is 11.9 Å². The first kappa shape index (κ1) is 15.5. The Kier molecular flexibility index (Phi) is 4.86. The van der Waals surface area contributed by atoms with Crippen molar-refractivity contribution in [3.63, 3.8) is 0 Å². The number of aryl methyl sites for hydroxylation is 1. The molecule has 0 atom stereocenters. The summed E-state index contributed by atoms with van der Waals surface area (Å²) in [5, 5.41) is 0. The number of piperidine rings is 1. The number of aromatic nitrogens is 2. The van der Waals surface area contributed by atoms with Gasteiger partial charge in [-0.3, -0.25) is 4.79 Å². The largest absolute Gasteiger partial charge is 0.461 e. The number of carbonyl (C=O) groups excluding carboxylic acids is 1. The van der Waals surface area contributed by atoms with Gasteiger partial charge >= 0.3 is 5.97 Å². The SMILES string of the molecule is Cc1cccc(COC(=O)C2CCN(c3ncccn3)CC2)c1. The first-order valence-electron chi connectivity index (χ1n) is 7.96. The molecule has 0 radical (unpaired) electrons. The molecule has 1 aromatic heterocycles. The Morgan fingerprint density at radius 1 is 1.22 bits per heavy atom. The molecule has 23 heavy (non-hydrogen) atoms. The first-order chi connectivity index (χ1) is 11.2. The zero-order chi connectivity index (χ0) is 16.1. The third-order valence-corrected chi connectivity index (χ3v) is 4.13. The van der Waals surface area contributed by atoms with Crippen LogP contribution in [0.5, 0.6) is 0 Å². The van der Waals surface area contributed by atoms with Gasteiger partial charge < -0.3 is 9.64 Å². The summed E-state index contributed by atoms with van der Waals surface area (Å²) >= 11 is 0. The molecule has 1 aromatic carbocycles. The van der Waals surface area contributed by atoms with Crippen LogP contribution in [0.1, 0.15) is 24.0 Å². The van der Waals surface area contributed by atoms with Crippen LogP contribution in [-0.2, 0) is 16.1 Å². The lowest BCUT2D eigenvalue weighted by molar-refractivity contribution is -0.150. The van der Waals surface area contributed by atoms with Crippen molar-refractivity contribution in [2.45, 2.75) is 26.4 Å². The molecule has 0 unspecified atom stereocenters. The molecule has 2 heterocycles. The fourth-order valence-corrected chi connectivity index (χ4v) is 2.84. The molecule has 0 spiro atoms. The van der Waals surface area contributed by atoms with Crippen molar-refractivity contribution in [1.82, 2.24) is 9.97 Å². The second-order valence-electron chi connectivity index (χ2n) is 5.91. The van der Waals surface area contributed by atoms with E-state index in [1.165, 1.54) is 5.56 Å². The number of esters is 1. The monoisotopic (exact) mass is 311 g/mol. The van der Waals surface area contributed by atoms with Crippen molar-refractivity contribution in [2.75, 3.05) is 18.0 Å². The fraction of sp³-hybridized carbons (Fsp3) is 0.389. The Balaban J connectivity index is 1.48.